The normalized spacial score (nSPS) is 11.3. The molecule has 3 rings (SSSR count). The van der Waals surface area contributed by atoms with E-state index in [0.29, 0.717) is 11.4 Å². The Labute approximate surface area is 134 Å². The zero-order chi connectivity index (χ0) is 17.2. The van der Waals surface area contributed by atoms with Gasteiger partial charge in [0.1, 0.15) is 12.7 Å². The van der Waals surface area contributed by atoms with E-state index in [1.165, 1.54) is 29.5 Å². The molecule has 0 radical (unpaired) electrons. The first kappa shape index (κ1) is 15.7. The second kappa shape index (κ2) is 6.15. The highest BCUT2D eigenvalue weighted by atomic mass is 19.4. The van der Waals surface area contributed by atoms with E-state index in [9.17, 15) is 18.0 Å². The standard InChI is InChI=1S/C16H11F3N4O/c17-16(18,19)12-5-3-4-11(8-12)15(24)22-13-6-1-2-7-14(13)23-10-20-9-21-23/h1-10H,(H,22,24). The van der Waals surface area contributed by atoms with Crippen LogP contribution < -0.4 is 5.32 Å². The van der Waals surface area contributed by atoms with Crippen molar-refractivity contribution < 1.29 is 18.0 Å². The summed E-state index contributed by atoms with van der Waals surface area (Å²) in [4.78, 5) is 16.1. The van der Waals surface area contributed by atoms with Crippen molar-refractivity contribution in [2.24, 2.45) is 0 Å². The van der Waals surface area contributed by atoms with Crippen LogP contribution in [0, 0.1) is 0 Å². The Morgan fingerprint density at radius 2 is 1.88 bits per heavy atom. The molecule has 2 aromatic carbocycles. The average molecular weight is 332 g/mol. The minimum Gasteiger partial charge on any atom is -0.320 e. The first-order valence-electron chi connectivity index (χ1n) is 6.88. The lowest BCUT2D eigenvalue weighted by atomic mass is 10.1. The summed E-state index contributed by atoms with van der Waals surface area (Å²) < 4.78 is 39.7. The van der Waals surface area contributed by atoms with Crippen molar-refractivity contribution in [3.8, 4) is 5.69 Å². The number of carbonyl (C=O) groups is 1. The number of aromatic nitrogens is 3. The maximum absolute atomic E-state index is 12.8. The van der Waals surface area contributed by atoms with Gasteiger partial charge in [-0.15, -0.1) is 0 Å². The quantitative estimate of drug-likeness (QED) is 0.798. The number of rotatable bonds is 3. The Morgan fingerprint density at radius 1 is 1.08 bits per heavy atom. The third-order valence-corrected chi connectivity index (χ3v) is 3.27. The third-order valence-electron chi connectivity index (χ3n) is 3.27. The first-order chi connectivity index (χ1) is 11.4. The average Bonchev–Trinajstić information content (AvgIpc) is 3.09. The molecule has 0 atom stereocenters. The van der Waals surface area contributed by atoms with Gasteiger partial charge in [-0.3, -0.25) is 4.79 Å². The molecule has 0 saturated heterocycles. The van der Waals surface area contributed by atoms with E-state index in [-0.39, 0.29) is 5.56 Å². The SMILES string of the molecule is O=C(Nc1ccccc1-n1cncn1)c1cccc(C(F)(F)F)c1. The minimum absolute atomic E-state index is 0.0850. The van der Waals surface area contributed by atoms with Crippen LogP contribution in [0.15, 0.2) is 61.2 Å². The van der Waals surface area contributed by atoms with Gasteiger partial charge < -0.3 is 5.32 Å². The van der Waals surface area contributed by atoms with E-state index in [1.54, 1.807) is 24.3 Å². The van der Waals surface area contributed by atoms with Gasteiger partial charge in [-0.25, -0.2) is 9.67 Å². The zero-order valence-corrected chi connectivity index (χ0v) is 12.2. The van der Waals surface area contributed by atoms with Gasteiger partial charge in [0.2, 0.25) is 0 Å². The van der Waals surface area contributed by atoms with Crippen LogP contribution in [0.25, 0.3) is 5.69 Å². The number of alkyl halides is 3. The molecule has 0 aliphatic carbocycles. The van der Waals surface area contributed by atoms with Crippen molar-refractivity contribution in [3.05, 3.63) is 72.3 Å². The molecular weight excluding hydrogens is 321 g/mol. The van der Waals surface area contributed by atoms with Gasteiger partial charge in [0.15, 0.2) is 0 Å². The Hall–Kier alpha value is -3.16. The number of hydrogen-bond donors (Lipinski definition) is 1. The van der Waals surface area contributed by atoms with Gasteiger partial charge in [0, 0.05) is 5.56 Å². The molecule has 1 amide bonds. The summed E-state index contributed by atoms with van der Waals surface area (Å²) in [6.07, 6.45) is -1.71. The van der Waals surface area contributed by atoms with E-state index in [1.807, 2.05) is 0 Å². The molecule has 0 unspecified atom stereocenters. The Bertz CT molecular complexity index is 860. The highest BCUT2D eigenvalue weighted by molar-refractivity contribution is 6.05. The van der Waals surface area contributed by atoms with Crippen molar-refractivity contribution in [1.82, 2.24) is 14.8 Å². The lowest BCUT2D eigenvalue weighted by Gasteiger charge is -2.12. The summed E-state index contributed by atoms with van der Waals surface area (Å²) >= 11 is 0. The number of para-hydroxylation sites is 2. The summed E-state index contributed by atoms with van der Waals surface area (Å²) in [5.74, 6) is -0.645. The molecule has 0 fully saturated rings. The van der Waals surface area contributed by atoms with Crippen LogP contribution in [0.2, 0.25) is 0 Å². The van der Waals surface area contributed by atoms with Crippen LogP contribution >= 0.6 is 0 Å². The zero-order valence-electron chi connectivity index (χ0n) is 12.2. The summed E-state index contributed by atoms with van der Waals surface area (Å²) in [6, 6.07) is 11.0. The molecule has 1 aromatic heterocycles. The van der Waals surface area contributed by atoms with Crippen LogP contribution in [0.3, 0.4) is 0 Å². The highest BCUT2D eigenvalue weighted by Crippen LogP contribution is 2.29. The fourth-order valence-electron chi connectivity index (χ4n) is 2.14. The molecule has 0 spiro atoms. The van der Waals surface area contributed by atoms with Gasteiger partial charge in [-0.05, 0) is 30.3 Å². The number of halogens is 3. The number of nitrogens with zero attached hydrogens (tertiary/aromatic N) is 3. The van der Waals surface area contributed by atoms with Gasteiger partial charge >= 0.3 is 6.18 Å². The van der Waals surface area contributed by atoms with Crippen LogP contribution in [0.4, 0.5) is 18.9 Å². The highest BCUT2D eigenvalue weighted by Gasteiger charge is 2.30. The fourth-order valence-corrected chi connectivity index (χ4v) is 2.14. The number of anilines is 1. The lowest BCUT2D eigenvalue weighted by Crippen LogP contribution is -2.15. The van der Waals surface area contributed by atoms with Gasteiger partial charge in [0.05, 0.1) is 16.9 Å². The van der Waals surface area contributed by atoms with Crippen molar-refractivity contribution >= 4 is 11.6 Å². The van der Waals surface area contributed by atoms with Crippen molar-refractivity contribution in [1.29, 1.82) is 0 Å². The molecule has 0 aliphatic rings. The van der Waals surface area contributed by atoms with Crippen LogP contribution in [-0.4, -0.2) is 20.7 Å². The second-order valence-corrected chi connectivity index (χ2v) is 4.89. The fraction of sp³-hybridized carbons (Fsp3) is 0.0625. The minimum atomic E-state index is -4.51. The molecule has 0 saturated carbocycles. The second-order valence-electron chi connectivity index (χ2n) is 4.89. The molecule has 0 bridgehead atoms. The number of amides is 1. The topological polar surface area (TPSA) is 59.8 Å². The monoisotopic (exact) mass is 332 g/mol. The van der Waals surface area contributed by atoms with Crippen LogP contribution in [0.5, 0.6) is 0 Å². The Balaban J connectivity index is 1.89. The van der Waals surface area contributed by atoms with Gasteiger partial charge in [0.25, 0.3) is 5.91 Å². The van der Waals surface area contributed by atoms with Crippen molar-refractivity contribution in [2.45, 2.75) is 6.18 Å². The maximum Gasteiger partial charge on any atom is 0.416 e. The summed E-state index contributed by atoms with van der Waals surface area (Å²) in [5, 5.41) is 6.58. The molecule has 0 aliphatic heterocycles. The molecular formula is C16H11F3N4O. The van der Waals surface area contributed by atoms with Gasteiger partial charge in [-0.1, -0.05) is 18.2 Å². The van der Waals surface area contributed by atoms with Crippen molar-refractivity contribution in [2.75, 3.05) is 5.32 Å². The summed E-state index contributed by atoms with van der Waals surface area (Å²) in [7, 11) is 0. The smallest absolute Gasteiger partial charge is 0.320 e. The summed E-state index contributed by atoms with van der Waals surface area (Å²) in [5.41, 5.74) is -0.00123. The third kappa shape index (κ3) is 3.27. The summed E-state index contributed by atoms with van der Waals surface area (Å²) in [6.45, 7) is 0. The van der Waals surface area contributed by atoms with E-state index in [4.69, 9.17) is 0 Å². The van der Waals surface area contributed by atoms with E-state index in [0.717, 1.165) is 12.1 Å². The van der Waals surface area contributed by atoms with Crippen LogP contribution in [0.1, 0.15) is 15.9 Å². The van der Waals surface area contributed by atoms with E-state index >= 15 is 0 Å². The largest absolute Gasteiger partial charge is 0.416 e. The molecule has 5 nitrogen and oxygen atoms in total. The molecule has 3 aromatic rings. The molecule has 1 N–H and O–H groups in total. The number of benzene rings is 2. The molecule has 8 heteroatoms. The number of hydrogen-bond acceptors (Lipinski definition) is 3. The number of nitrogens with one attached hydrogen (secondary N) is 1. The predicted octanol–water partition coefficient (Wildman–Crippen LogP) is 3.54. The van der Waals surface area contributed by atoms with Crippen LogP contribution in [-0.2, 0) is 6.18 Å². The predicted molar refractivity (Wildman–Crippen MR) is 80.8 cm³/mol. The lowest BCUT2D eigenvalue weighted by molar-refractivity contribution is -0.137. The Morgan fingerprint density at radius 3 is 2.58 bits per heavy atom. The van der Waals surface area contributed by atoms with E-state index < -0.39 is 17.6 Å². The molecule has 1 heterocycles. The molecule has 24 heavy (non-hydrogen) atoms. The van der Waals surface area contributed by atoms with Gasteiger partial charge in [-0.2, -0.15) is 18.3 Å². The number of carbonyl (C=O) groups excluding carboxylic acids is 1. The Kier molecular flexibility index (Phi) is 4.03. The maximum atomic E-state index is 12.8. The molecule has 122 valence electrons. The van der Waals surface area contributed by atoms with E-state index in [2.05, 4.69) is 15.4 Å². The van der Waals surface area contributed by atoms with Crippen molar-refractivity contribution in [3.63, 3.8) is 0 Å². The first-order valence-corrected chi connectivity index (χ1v) is 6.88.